The van der Waals surface area contributed by atoms with Crippen LogP contribution < -0.4 is 23.8 Å². The summed E-state index contributed by atoms with van der Waals surface area (Å²) in [5.74, 6) is -1.82. The molecule has 1 heterocycles. The van der Waals surface area contributed by atoms with Gasteiger partial charge in [0.15, 0.2) is 23.0 Å². The Morgan fingerprint density at radius 3 is 2.30 bits per heavy atom. The molecule has 1 unspecified atom stereocenters. The number of anilines is 1. The molecule has 0 aromatic heterocycles. The Bertz CT molecular complexity index is 1500. The van der Waals surface area contributed by atoms with Gasteiger partial charge in [-0.25, -0.2) is 0 Å². The van der Waals surface area contributed by atoms with Gasteiger partial charge in [-0.3, -0.25) is 14.5 Å². The summed E-state index contributed by atoms with van der Waals surface area (Å²) in [6.45, 7) is 4.22. The number of ketones is 1. The number of aromatic hydroxyl groups is 1. The van der Waals surface area contributed by atoms with Gasteiger partial charge in [0, 0.05) is 11.8 Å². The Kier molecular flexibility index (Phi) is 8.66. The molecule has 1 aliphatic rings. The average molecular weight is 588 g/mol. The topological polar surface area (TPSA) is 115 Å². The van der Waals surface area contributed by atoms with E-state index < -0.39 is 23.5 Å². The first-order valence-electron chi connectivity index (χ1n) is 12.3. The van der Waals surface area contributed by atoms with Gasteiger partial charge in [0.25, 0.3) is 11.7 Å². The molecule has 3 aromatic carbocycles. The predicted molar refractivity (Wildman–Crippen MR) is 151 cm³/mol. The molecule has 1 fully saturated rings. The maximum atomic E-state index is 13.6. The van der Waals surface area contributed by atoms with E-state index in [4.69, 9.17) is 42.1 Å². The van der Waals surface area contributed by atoms with Crippen molar-refractivity contribution < 1.29 is 38.7 Å². The molecule has 2 N–H and O–H groups in total. The van der Waals surface area contributed by atoms with Crippen molar-refractivity contribution in [3.63, 3.8) is 0 Å². The first-order valence-corrected chi connectivity index (χ1v) is 13.0. The summed E-state index contributed by atoms with van der Waals surface area (Å²) in [5.41, 5.74) is 0.457. The zero-order valence-electron chi connectivity index (χ0n) is 22.2. The van der Waals surface area contributed by atoms with Crippen LogP contribution in [0.4, 0.5) is 5.69 Å². The average Bonchev–Trinajstić information content (AvgIpc) is 3.20. The highest BCUT2D eigenvalue weighted by atomic mass is 35.5. The number of methoxy groups -OCH3 is 2. The first kappa shape index (κ1) is 28.9. The molecule has 0 bridgehead atoms. The van der Waals surface area contributed by atoms with E-state index in [0.29, 0.717) is 23.6 Å². The van der Waals surface area contributed by atoms with Crippen molar-refractivity contribution in [2.75, 3.05) is 32.3 Å². The number of nitrogens with zero attached hydrogens (tertiary/aromatic N) is 1. The van der Waals surface area contributed by atoms with Gasteiger partial charge in [-0.15, -0.1) is 0 Å². The normalized spacial score (nSPS) is 16.2. The largest absolute Gasteiger partial charge is 0.507 e. The minimum atomic E-state index is -1.14. The van der Waals surface area contributed by atoms with E-state index >= 15 is 0 Å². The monoisotopic (exact) mass is 587 g/mol. The number of halogens is 2. The molecule has 1 atom stereocenters. The van der Waals surface area contributed by atoms with E-state index in [2.05, 4.69) is 0 Å². The lowest BCUT2D eigenvalue weighted by molar-refractivity contribution is -0.132. The molecular weight excluding hydrogens is 561 g/mol. The molecule has 40 heavy (non-hydrogen) atoms. The maximum Gasteiger partial charge on any atom is 0.300 e. The number of benzene rings is 3. The van der Waals surface area contributed by atoms with Crippen molar-refractivity contribution >= 4 is 46.3 Å². The minimum absolute atomic E-state index is 0.00980. The molecule has 9 nitrogen and oxygen atoms in total. The van der Waals surface area contributed by atoms with Gasteiger partial charge in [0.05, 0.1) is 49.6 Å². The highest BCUT2D eigenvalue weighted by Gasteiger charge is 2.47. The van der Waals surface area contributed by atoms with Crippen LogP contribution in [0.2, 0.25) is 10.0 Å². The highest BCUT2D eigenvalue weighted by Crippen LogP contribution is 2.49. The summed E-state index contributed by atoms with van der Waals surface area (Å²) in [4.78, 5) is 28.4. The lowest BCUT2D eigenvalue weighted by atomic mass is 9.94. The third-order valence-corrected chi connectivity index (χ3v) is 6.87. The van der Waals surface area contributed by atoms with Gasteiger partial charge in [0.2, 0.25) is 0 Å². The third kappa shape index (κ3) is 5.10. The van der Waals surface area contributed by atoms with Crippen LogP contribution in [0.5, 0.6) is 28.7 Å². The van der Waals surface area contributed by atoms with Crippen molar-refractivity contribution in [3.05, 3.63) is 75.3 Å². The zero-order chi connectivity index (χ0) is 29.1. The summed E-state index contributed by atoms with van der Waals surface area (Å²) in [7, 11) is 2.70. The van der Waals surface area contributed by atoms with Gasteiger partial charge >= 0.3 is 0 Å². The quantitative estimate of drug-likeness (QED) is 0.174. The summed E-state index contributed by atoms with van der Waals surface area (Å²) in [6, 6.07) is 11.3. The molecule has 4 rings (SSSR count). The Morgan fingerprint density at radius 1 is 0.950 bits per heavy atom. The summed E-state index contributed by atoms with van der Waals surface area (Å²) in [5, 5.41) is 22.0. The van der Waals surface area contributed by atoms with Gasteiger partial charge in [-0.2, -0.15) is 0 Å². The number of phenols is 1. The summed E-state index contributed by atoms with van der Waals surface area (Å²) < 4.78 is 21.8. The number of Topliss-reactive ketones (excluding diaryl/α,β-unsaturated/α-hetero) is 1. The maximum absolute atomic E-state index is 13.6. The van der Waals surface area contributed by atoms with Crippen LogP contribution in [0.25, 0.3) is 5.76 Å². The van der Waals surface area contributed by atoms with Crippen LogP contribution in [-0.4, -0.2) is 49.3 Å². The molecule has 1 aliphatic heterocycles. The van der Waals surface area contributed by atoms with Crippen LogP contribution in [0.3, 0.4) is 0 Å². The molecule has 1 saturated heterocycles. The lowest BCUT2D eigenvalue weighted by Crippen LogP contribution is -2.29. The Hall–Kier alpha value is -4.08. The van der Waals surface area contributed by atoms with Crippen LogP contribution in [0, 0.1) is 0 Å². The molecular formula is C29H27Cl2NO8. The van der Waals surface area contributed by atoms with Crippen LogP contribution in [0.15, 0.2) is 54.1 Å². The van der Waals surface area contributed by atoms with E-state index in [9.17, 15) is 19.8 Å². The molecule has 210 valence electrons. The third-order valence-electron chi connectivity index (χ3n) is 6.25. The fourth-order valence-electron chi connectivity index (χ4n) is 4.57. The summed E-state index contributed by atoms with van der Waals surface area (Å²) >= 11 is 12.8. The second-order valence-electron chi connectivity index (χ2n) is 8.55. The lowest BCUT2D eigenvalue weighted by Gasteiger charge is -2.26. The van der Waals surface area contributed by atoms with Crippen LogP contribution in [0.1, 0.15) is 31.0 Å². The van der Waals surface area contributed by atoms with E-state index in [1.165, 1.54) is 43.4 Å². The van der Waals surface area contributed by atoms with Crippen molar-refractivity contribution in [2.45, 2.75) is 19.9 Å². The fourth-order valence-corrected chi connectivity index (χ4v) is 5.25. The van der Waals surface area contributed by atoms with Crippen LogP contribution >= 0.6 is 23.2 Å². The second kappa shape index (κ2) is 12.0. The number of rotatable bonds is 9. The molecule has 0 aliphatic carbocycles. The molecule has 0 saturated carbocycles. The molecule has 0 radical (unpaired) electrons. The number of ether oxygens (including phenoxy) is 4. The summed E-state index contributed by atoms with van der Waals surface area (Å²) in [6.07, 6.45) is 0. The number of amides is 1. The number of carbonyl (C=O) groups is 2. The molecule has 1 amide bonds. The minimum Gasteiger partial charge on any atom is -0.507 e. The van der Waals surface area contributed by atoms with Gasteiger partial charge in [-0.05, 0) is 49.7 Å². The van der Waals surface area contributed by atoms with Gasteiger partial charge in [-0.1, -0.05) is 35.3 Å². The smallest absolute Gasteiger partial charge is 0.300 e. The van der Waals surface area contributed by atoms with Gasteiger partial charge in [0.1, 0.15) is 16.5 Å². The Labute approximate surface area is 241 Å². The predicted octanol–water partition coefficient (Wildman–Crippen LogP) is 6.14. The SMILES string of the molecule is CCOc1cccc(N2C(=O)C(=O)/C(=C(/O)c3cc(Cl)c(OC)c(Cl)c3OC)C2c2ccc(O)c(OCC)c2)c1. The molecule has 0 spiro atoms. The first-order chi connectivity index (χ1) is 19.2. The van der Waals surface area contributed by atoms with Crippen molar-refractivity contribution in [2.24, 2.45) is 0 Å². The van der Waals surface area contributed by atoms with E-state index in [-0.39, 0.29) is 50.8 Å². The van der Waals surface area contributed by atoms with Crippen molar-refractivity contribution in [1.29, 1.82) is 0 Å². The zero-order valence-corrected chi connectivity index (χ0v) is 23.7. The number of aliphatic hydroxyl groups excluding tert-OH is 1. The highest BCUT2D eigenvalue weighted by molar-refractivity contribution is 6.52. The number of phenolic OH excluding ortho intramolecular Hbond substituents is 1. The number of aliphatic hydroxyl groups is 1. The van der Waals surface area contributed by atoms with Crippen molar-refractivity contribution in [1.82, 2.24) is 0 Å². The number of carbonyl (C=O) groups excluding carboxylic acids is 2. The standard InChI is InChI=1S/C29H27Cl2NO8/c1-5-39-17-9-7-8-16(13-17)32-24(15-10-11-20(33)21(12-15)40-6-2)22(26(35)29(32)36)25(34)18-14-19(30)28(38-4)23(31)27(18)37-3/h7-14,24,33-34H,5-6H2,1-4H3/b25-22+. The fraction of sp³-hybridized carbons (Fsp3) is 0.241. The Balaban J connectivity index is 2.03. The van der Waals surface area contributed by atoms with E-state index in [1.807, 2.05) is 6.92 Å². The number of hydrogen-bond acceptors (Lipinski definition) is 8. The molecule has 3 aromatic rings. The second-order valence-corrected chi connectivity index (χ2v) is 9.33. The van der Waals surface area contributed by atoms with Crippen molar-refractivity contribution in [3.8, 4) is 28.7 Å². The van der Waals surface area contributed by atoms with Gasteiger partial charge < -0.3 is 29.2 Å². The van der Waals surface area contributed by atoms with E-state index in [0.717, 1.165) is 0 Å². The number of hydrogen-bond donors (Lipinski definition) is 2. The van der Waals surface area contributed by atoms with Crippen LogP contribution in [-0.2, 0) is 9.59 Å². The Morgan fingerprint density at radius 2 is 1.65 bits per heavy atom. The molecule has 11 heteroatoms. The van der Waals surface area contributed by atoms with E-state index in [1.54, 1.807) is 31.2 Å².